The molecule has 1 aromatic carbocycles. The monoisotopic (exact) mass is 355 g/mol. The fourth-order valence-electron chi connectivity index (χ4n) is 1.94. The van der Waals surface area contributed by atoms with Gasteiger partial charge in [-0.3, -0.25) is 4.98 Å². The molecule has 0 amide bonds. The van der Waals surface area contributed by atoms with Crippen molar-refractivity contribution in [2.75, 3.05) is 13.4 Å². The summed E-state index contributed by atoms with van der Waals surface area (Å²) in [6, 6.07) is 4.21. The van der Waals surface area contributed by atoms with Gasteiger partial charge in [0, 0.05) is 18.5 Å². The zero-order valence-corrected chi connectivity index (χ0v) is 14.2. The number of halogens is 1. The third-order valence-corrected chi connectivity index (χ3v) is 4.33. The van der Waals surface area contributed by atoms with Crippen LogP contribution in [0.3, 0.4) is 0 Å². The van der Waals surface area contributed by atoms with Gasteiger partial charge in [-0.15, -0.1) is 0 Å². The van der Waals surface area contributed by atoms with Crippen molar-refractivity contribution >= 4 is 27.4 Å². The summed E-state index contributed by atoms with van der Waals surface area (Å²) >= 11 is 5.84. The Balaban J connectivity index is 2.58. The highest BCUT2D eigenvalue weighted by Crippen LogP contribution is 2.32. The Morgan fingerprint density at radius 3 is 2.48 bits per heavy atom. The molecule has 0 aliphatic heterocycles. The molecule has 8 heteroatoms. The minimum absolute atomic E-state index is 0.0849. The Bertz CT molecular complexity index is 864. The molecule has 0 fully saturated rings. The van der Waals surface area contributed by atoms with Crippen molar-refractivity contribution in [2.45, 2.75) is 11.8 Å². The molecule has 0 radical (unpaired) electrons. The molecule has 0 atom stereocenters. The lowest BCUT2D eigenvalue weighted by atomic mass is 10.1. The van der Waals surface area contributed by atoms with E-state index in [-0.39, 0.29) is 22.0 Å². The lowest BCUT2D eigenvalue weighted by Gasteiger charge is -2.13. The predicted molar refractivity (Wildman–Crippen MR) is 84.9 cm³/mol. The van der Waals surface area contributed by atoms with Crippen molar-refractivity contribution < 1.29 is 22.7 Å². The van der Waals surface area contributed by atoms with E-state index in [4.69, 9.17) is 16.3 Å². The van der Waals surface area contributed by atoms with Gasteiger partial charge in [-0.1, -0.05) is 11.6 Å². The first kappa shape index (κ1) is 17.2. The molecule has 2 aromatic rings. The number of aryl methyl sites for hydroxylation is 1. The van der Waals surface area contributed by atoms with Gasteiger partial charge < -0.3 is 9.47 Å². The average molecular weight is 356 g/mol. The standard InChI is InChI=1S/C15H14ClNO5S/c1-9-4-13(22-11-5-10(16)7-17-8-11)14(23(3,19)20)6-12(9)15(18)21-2/h4-8H,1-3H3. The lowest BCUT2D eigenvalue weighted by Crippen LogP contribution is -2.08. The summed E-state index contributed by atoms with van der Waals surface area (Å²) in [6.45, 7) is 1.65. The van der Waals surface area contributed by atoms with Gasteiger partial charge in [-0.05, 0) is 24.6 Å². The van der Waals surface area contributed by atoms with Crippen LogP contribution in [-0.2, 0) is 14.6 Å². The third kappa shape index (κ3) is 4.00. The number of methoxy groups -OCH3 is 1. The van der Waals surface area contributed by atoms with Crippen LogP contribution in [0.1, 0.15) is 15.9 Å². The van der Waals surface area contributed by atoms with Crippen LogP contribution in [0.25, 0.3) is 0 Å². The SMILES string of the molecule is COC(=O)c1cc(S(C)(=O)=O)c(Oc2cncc(Cl)c2)cc1C. The number of benzene rings is 1. The minimum atomic E-state index is -3.63. The molecule has 0 spiro atoms. The van der Waals surface area contributed by atoms with Gasteiger partial charge in [0.05, 0.1) is 23.9 Å². The molecule has 0 aliphatic carbocycles. The number of carbonyl (C=O) groups is 1. The highest BCUT2D eigenvalue weighted by Gasteiger charge is 2.21. The second-order valence-corrected chi connectivity index (χ2v) is 7.24. The summed E-state index contributed by atoms with van der Waals surface area (Å²) in [5.74, 6) is -0.252. The fraction of sp³-hybridized carbons (Fsp3) is 0.200. The number of aromatic nitrogens is 1. The molecule has 23 heavy (non-hydrogen) atoms. The van der Waals surface area contributed by atoms with Crippen molar-refractivity contribution in [3.8, 4) is 11.5 Å². The van der Waals surface area contributed by atoms with Crippen molar-refractivity contribution in [2.24, 2.45) is 0 Å². The van der Waals surface area contributed by atoms with Crippen molar-refractivity contribution in [3.63, 3.8) is 0 Å². The zero-order chi connectivity index (χ0) is 17.2. The van der Waals surface area contributed by atoms with Crippen molar-refractivity contribution in [1.82, 2.24) is 4.98 Å². The normalized spacial score (nSPS) is 11.1. The van der Waals surface area contributed by atoms with Crippen LogP contribution in [0, 0.1) is 6.92 Å². The molecule has 2 rings (SSSR count). The van der Waals surface area contributed by atoms with Crippen molar-refractivity contribution in [1.29, 1.82) is 0 Å². The van der Waals surface area contributed by atoms with Gasteiger partial charge in [0.25, 0.3) is 0 Å². The largest absolute Gasteiger partial charge is 0.465 e. The van der Waals surface area contributed by atoms with E-state index in [1.54, 1.807) is 6.92 Å². The topological polar surface area (TPSA) is 82.6 Å². The number of rotatable bonds is 4. The Labute approximate surface area is 138 Å². The molecule has 122 valence electrons. The van der Waals surface area contributed by atoms with Crippen LogP contribution in [0.15, 0.2) is 35.5 Å². The highest BCUT2D eigenvalue weighted by atomic mass is 35.5. The number of sulfone groups is 1. The molecule has 0 N–H and O–H groups in total. The van der Waals surface area contributed by atoms with Crippen LogP contribution in [0.2, 0.25) is 5.02 Å². The molecular formula is C15H14ClNO5S. The molecule has 0 saturated carbocycles. The molecule has 1 aromatic heterocycles. The minimum Gasteiger partial charge on any atom is -0.465 e. The maximum absolute atomic E-state index is 12.0. The Morgan fingerprint density at radius 1 is 1.22 bits per heavy atom. The second kappa shape index (κ2) is 6.55. The van der Waals surface area contributed by atoms with Gasteiger partial charge >= 0.3 is 5.97 Å². The summed E-state index contributed by atoms with van der Waals surface area (Å²) < 4.78 is 34.3. The fourth-order valence-corrected chi connectivity index (χ4v) is 2.90. The van der Waals surface area contributed by atoms with Crippen molar-refractivity contribution in [3.05, 3.63) is 46.7 Å². The van der Waals surface area contributed by atoms with E-state index in [0.717, 1.165) is 6.26 Å². The van der Waals surface area contributed by atoms with E-state index < -0.39 is 15.8 Å². The smallest absolute Gasteiger partial charge is 0.338 e. The van der Waals surface area contributed by atoms with Crippen LogP contribution >= 0.6 is 11.6 Å². The van der Waals surface area contributed by atoms with Crippen LogP contribution in [0.4, 0.5) is 0 Å². The summed E-state index contributed by atoms with van der Waals surface area (Å²) in [6.07, 6.45) is 3.86. The maximum atomic E-state index is 12.0. The Morgan fingerprint density at radius 2 is 1.91 bits per heavy atom. The first-order valence-electron chi connectivity index (χ1n) is 6.44. The first-order valence-corrected chi connectivity index (χ1v) is 8.70. The Hall–Kier alpha value is -2.12. The van der Waals surface area contributed by atoms with Gasteiger partial charge in [-0.25, -0.2) is 13.2 Å². The van der Waals surface area contributed by atoms with E-state index >= 15 is 0 Å². The predicted octanol–water partition coefficient (Wildman–Crippen LogP) is 3.03. The number of esters is 1. The lowest BCUT2D eigenvalue weighted by molar-refractivity contribution is 0.0599. The molecular weight excluding hydrogens is 342 g/mol. The Kier molecular flexibility index (Phi) is 4.91. The van der Waals surface area contributed by atoms with E-state index in [1.165, 1.54) is 37.7 Å². The van der Waals surface area contributed by atoms with Gasteiger partial charge in [-0.2, -0.15) is 0 Å². The number of carbonyl (C=O) groups excluding carboxylic acids is 1. The van der Waals surface area contributed by atoms with E-state index in [2.05, 4.69) is 9.72 Å². The quantitative estimate of drug-likeness (QED) is 0.784. The van der Waals surface area contributed by atoms with Crippen LogP contribution < -0.4 is 4.74 Å². The highest BCUT2D eigenvalue weighted by molar-refractivity contribution is 7.90. The summed E-state index contributed by atoms with van der Waals surface area (Å²) in [5.41, 5.74) is 0.679. The number of hydrogen-bond acceptors (Lipinski definition) is 6. The summed E-state index contributed by atoms with van der Waals surface area (Å²) in [7, 11) is -2.40. The molecule has 0 unspecified atom stereocenters. The van der Waals surface area contributed by atoms with E-state index in [9.17, 15) is 13.2 Å². The zero-order valence-electron chi connectivity index (χ0n) is 12.7. The van der Waals surface area contributed by atoms with E-state index in [1.807, 2.05) is 0 Å². The summed E-state index contributed by atoms with van der Waals surface area (Å²) in [4.78, 5) is 15.5. The van der Waals surface area contributed by atoms with Crippen LogP contribution in [0.5, 0.6) is 11.5 Å². The van der Waals surface area contributed by atoms with Gasteiger partial charge in [0.1, 0.15) is 16.4 Å². The maximum Gasteiger partial charge on any atom is 0.338 e. The molecule has 0 bridgehead atoms. The van der Waals surface area contributed by atoms with Gasteiger partial charge in [0.2, 0.25) is 0 Å². The number of nitrogens with zero attached hydrogens (tertiary/aromatic N) is 1. The molecule has 1 heterocycles. The van der Waals surface area contributed by atoms with E-state index in [0.29, 0.717) is 10.6 Å². The average Bonchev–Trinajstić information content (AvgIpc) is 2.45. The van der Waals surface area contributed by atoms with Gasteiger partial charge in [0.15, 0.2) is 9.84 Å². The second-order valence-electron chi connectivity index (χ2n) is 4.82. The number of ether oxygens (including phenoxy) is 2. The molecule has 0 aliphatic rings. The number of pyridine rings is 1. The third-order valence-electron chi connectivity index (χ3n) is 3.00. The molecule has 6 nitrogen and oxygen atoms in total. The van der Waals surface area contributed by atoms with Crippen LogP contribution in [-0.4, -0.2) is 32.7 Å². The molecule has 0 saturated heterocycles. The number of hydrogen-bond donors (Lipinski definition) is 0. The first-order chi connectivity index (χ1) is 10.7. The summed E-state index contributed by atoms with van der Waals surface area (Å²) in [5, 5.41) is 0.353.